The number of nitrogens with two attached hydrogens (primary N) is 1. The Bertz CT molecular complexity index is 676. The van der Waals surface area contributed by atoms with E-state index < -0.39 is 0 Å². The van der Waals surface area contributed by atoms with Crippen molar-refractivity contribution in [1.82, 2.24) is 14.8 Å². The van der Waals surface area contributed by atoms with Crippen LogP contribution in [-0.4, -0.2) is 14.8 Å². The van der Waals surface area contributed by atoms with Crippen LogP contribution in [0.3, 0.4) is 0 Å². The van der Waals surface area contributed by atoms with E-state index in [9.17, 15) is 0 Å². The summed E-state index contributed by atoms with van der Waals surface area (Å²) in [7, 11) is 0. The molecule has 0 aliphatic heterocycles. The van der Waals surface area contributed by atoms with Gasteiger partial charge in [0.15, 0.2) is 5.16 Å². The summed E-state index contributed by atoms with van der Waals surface area (Å²) in [6.07, 6.45) is 5.09. The van der Waals surface area contributed by atoms with Gasteiger partial charge < -0.3 is 10.3 Å². The quantitative estimate of drug-likeness (QED) is 0.640. The summed E-state index contributed by atoms with van der Waals surface area (Å²) in [5.41, 5.74) is 8.06. The number of anilines is 1. The molecule has 0 unspecified atom stereocenters. The van der Waals surface area contributed by atoms with E-state index >= 15 is 0 Å². The zero-order valence-electron chi connectivity index (χ0n) is 11.6. The lowest BCUT2D eigenvalue weighted by molar-refractivity contribution is 0.627. The first-order valence-corrected chi connectivity index (χ1v) is 9.11. The number of thioether (sulfide) groups is 1. The highest BCUT2D eigenvalue weighted by molar-refractivity contribution is 9.10. The van der Waals surface area contributed by atoms with Crippen molar-refractivity contribution >= 4 is 33.4 Å². The van der Waals surface area contributed by atoms with Gasteiger partial charge in [0.1, 0.15) is 5.82 Å². The highest BCUT2D eigenvalue weighted by atomic mass is 79.9. The van der Waals surface area contributed by atoms with Crippen molar-refractivity contribution < 1.29 is 0 Å². The first-order valence-electron chi connectivity index (χ1n) is 7.34. The molecular formula is C15H17BrN4S. The Kier molecular flexibility index (Phi) is 3.46. The topological polar surface area (TPSA) is 56.7 Å². The van der Waals surface area contributed by atoms with Gasteiger partial charge in [0.25, 0.3) is 0 Å². The van der Waals surface area contributed by atoms with Crippen LogP contribution in [0, 0.1) is 0 Å². The van der Waals surface area contributed by atoms with E-state index in [0.717, 1.165) is 26.6 Å². The van der Waals surface area contributed by atoms with E-state index in [1.165, 1.54) is 31.5 Å². The molecule has 0 spiro atoms. The van der Waals surface area contributed by atoms with Crippen LogP contribution in [0.15, 0.2) is 27.8 Å². The maximum Gasteiger partial charge on any atom is 0.191 e. The molecule has 4 rings (SSSR count). The summed E-state index contributed by atoms with van der Waals surface area (Å²) >= 11 is 5.19. The normalized spacial score (nSPS) is 18.1. The van der Waals surface area contributed by atoms with Crippen molar-refractivity contribution in [2.75, 3.05) is 5.73 Å². The minimum Gasteiger partial charge on any atom is -0.398 e. The number of hydrogen-bond acceptors (Lipinski definition) is 4. The number of benzene rings is 1. The fourth-order valence-corrected chi connectivity index (χ4v) is 3.93. The number of hydrogen-bond donors (Lipinski definition) is 1. The van der Waals surface area contributed by atoms with E-state index in [2.05, 4.69) is 36.8 Å². The average molecular weight is 365 g/mol. The molecule has 1 aromatic heterocycles. The monoisotopic (exact) mass is 364 g/mol. The zero-order chi connectivity index (χ0) is 14.4. The molecule has 6 heteroatoms. The Morgan fingerprint density at radius 3 is 2.71 bits per heavy atom. The predicted molar refractivity (Wildman–Crippen MR) is 88.4 cm³/mol. The SMILES string of the molecule is Nc1cc(Br)ccc1CSc1nnc(C2CC2)n1C1CC1. The second kappa shape index (κ2) is 5.32. The maximum absolute atomic E-state index is 6.07. The van der Waals surface area contributed by atoms with Gasteiger partial charge in [-0.05, 0) is 43.4 Å². The number of nitrogen functional groups attached to an aromatic ring is 1. The van der Waals surface area contributed by atoms with Crippen LogP contribution in [0.5, 0.6) is 0 Å². The van der Waals surface area contributed by atoms with Crippen LogP contribution in [0.25, 0.3) is 0 Å². The van der Waals surface area contributed by atoms with Crippen molar-refractivity contribution in [2.45, 2.75) is 48.6 Å². The van der Waals surface area contributed by atoms with Crippen LogP contribution < -0.4 is 5.73 Å². The highest BCUT2D eigenvalue weighted by Crippen LogP contribution is 2.46. The largest absolute Gasteiger partial charge is 0.398 e. The molecule has 110 valence electrons. The van der Waals surface area contributed by atoms with Crippen LogP contribution in [0.2, 0.25) is 0 Å². The highest BCUT2D eigenvalue weighted by Gasteiger charge is 2.36. The van der Waals surface area contributed by atoms with Gasteiger partial charge in [-0.25, -0.2) is 0 Å². The predicted octanol–water partition coefficient (Wildman–Crippen LogP) is 4.13. The average Bonchev–Trinajstić information content (AvgIpc) is 3.37. The van der Waals surface area contributed by atoms with Crippen molar-refractivity contribution in [2.24, 2.45) is 0 Å². The Morgan fingerprint density at radius 1 is 1.24 bits per heavy atom. The zero-order valence-corrected chi connectivity index (χ0v) is 14.0. The molecular weight excluding hydrogens is 348 g/mol. The summed E-state index contributed by atoms with van der Waals surface area (Å²) in [6.45, 7) is 0. The molecule has 2 aliphatic carbocycles. The molecule has 1 heterocycles. The van der Waals surface area contributed by atoms with E-state index in [4.69, 9.17) is 5.73 Å². The molecule has 0 saturated heterocycles. The van der Waals surface area contributed by atoms with E-state index in [1.54, 1.807) is 11.8 Å². The van der Waals surface area contributed by atoms with Crippen molar-refractivity contribution in [3.05, 3.63) is 34.1 Å². The minimum atomic E-state index is 0.639. The summed E-state index contributed by atoms with van der Waals surface area (Å²) in [4.78, 5) is 0. The van der Waals surface area contributed by atoms with Crippen LogP contribution >= 0.6 is 27.7 Å². The second-order valence-corrected chi connectivity index (χ2v) is 7.71. The molecule has 0 radical (unpaired) electrons. The third-order valence-electron chi connectivity index (χ3n) is 4.01. The van der Waals surface area contributed by atoms with Crippen LogP contribution in [0.4, 0.5) is 5.69 Å². The number of aromatic nitrogens is 3. The Morgan fingerprint density at radius 2 is 2.05 bits per heavy atom. The number of rotatable bonds is 5. The Labute approximate surface area is 136 Å². The van der Waals surface area contributed by atoms with E-state index in [1.807, 2.05) is 12.1 Å². The van der Waals surface area contributed by atoms with Gasteiger partial charge in [0, 0.05) is 27.9 Å². The van der Waals surface area contributed by atoms with Crippen LogP contribution in [0.1, 0.15) is 49.0 Å². The summed E-state index contributed by atoms with van der Waals surface area (Å²) in [6, 6.07) is 6.71. The molecule has 1 aromatic carbocycles. The minimum absolute atomic E-state index is 0.639. The van der Waals surface area contributed by atoms with Gasteiger partial charge in [-0.3, -0.25) is 0 Å². The fourth-order valence-electron chi connectivity index (χ4n) is 2.52. The molecule has 2 fully saturated rings. The van der Waals surface area contributed by atoms with Gasteiger partial charge in [-0.15, -0.1) is 10.2 Å². The number of halogens is 1. The van der Waals surface area contributed by atoms with Crippen LogP contribution in [-0.2, 0) is 5.75 Å². The molecule has 2 aliphatic rings. The molecule has 4 nitrogen and oxygen atoms in total. The first kappa shape index (κ1) is 13.6. The van der Waals surface area contributed by atoms with Gasteiger partial charge in [-0.2, -0.15) is 0 Å². The lowest BCUT2D eigenvalue weighted by Crippen LogP contribution is -2.02. The van der Waals surface area contributed by atoms with Gasteiger partial charge in [0.05, 0.1) is 0 Å². The number of nitrogens with zero attached hydrogens (tertiary/aromatic N) is 3. The molecule has 2 N–H and O–H groups in total. The van der Waals surface area contributed by atoms with Crippen molar-refractivity contribution in [3.63, 3.8) is 0 Å². The third kappa shape index (κ3) is 2.83. The summed E-state index contributed by atoms with van der Waals surface area (Å²) < 4.78 is 3.41. The first-order chi connectivity index (χ1) is 10.2. The molecule has 0 atom stereocenters. The van der Waals surface area contributed by atoms with E-state index in [0.29, 0.717) is 12.0 Å². The molecule has 2 saturated carbocycles. The molecule has 0 bridgehead atoms. The van der Waals surface area contributed by atoms with Crippen molar-refractivity contribution in [1.29, 1.82) is 0 Å². The van der Waals surface area contributed by atoms with Gasteiger partial charge >= 0.3 is 0 Å². The third-order valence-corrected chi connectivity index (χ3v) is 5.50. The van der Waals surface area contributed by atoms with Crippen molar-refractivity contribution in [3.8, 4) is 0 Å². The van der Waals surface area contributed by atoms with E-state index in [-0.39, 0.29) is 0 Å². The standard InChI is InChI=1S/C15H17BrN4S/c16-11-4-3-10(13(17)7-11)8-21-15-19-18-14(9-1-2-9)20(15)12-5-6-12/h3-4,7,9,12H,1-2,5-6,8,17H2. The summed E-state index contributed by atoms with van der Waals surface area (Å²) in [5, 5.41) is 9.93. The lowest BCUT2D eigenvalue weighted by Gasteiger charge is -2.09. The molecule has 0 amide bonds. The smallest absolute Gasteiger partial charge is 0.191 e. The Balaban J connectivity index is 1.54. The molecule has 21 heavy (non-hydrogen) atoms. The summed E-state index contributed by atoms with van der Waals surface area (Å²) in [5.74, 6) is 2.71. The molecule has 2 aromatic rings. The Hall–Kier alpha value is -1.01. The second-order valence-electron chi connectivity index (χ2n) is 5.85. The van der Waals surface area contributed by atoms with Gasteiger partial charge in [0.2, 0.25) is 0 Å². The lowest BCUT2D eigenvalue weighted by atomic mass is 10.2. The maximum atomic E-state index is 6.07. The fraction of sp³-hybridized carbons (Fsp3) is 0.467. The van der Waals surface area contributed by atoms with Gasteiger partial charge in [-0.1, -0.05) is 33.8 Å².